The molecule has 0 aliphatic carbocycles. The summed E-state index contributed by atoms with van der Waals surface area (Å²) in [5.41, 5.74) is 0.931. The third-order valence-electron chi connectivity index (χ3n) is 4.54. The molecule has 2 aromatic carbocycles. The van der Waals surface area contributed by atoms with Gasteiger partial charge in [-0.15, -0.1) is 0 Å². The summed E-state index contributed by atoms with van der Waals surface area (Å²) < 4.78 is 0. The molecule has 1 amide bonds. The van der Waals surface area contributed by atoms with E-state index in [1.54, 1.807) is 43.3 Å². The minimum atomic E-state index is -0.464. The highest BCUT2D eigenvalue weighted by atomic mass is 35.5. The van der Waals surface area contributed by atoms with Gasteiger partial charge in [0.1, 0.15) is 5.82 Å². The van der Waals surface area contributed by atoms with Crippen LogP contribution in [-0.4, -0.2) is 33.4 Å². The Morgan fingerprint density at radius 2 is 2.00 bits per heavy atom. The highest BCUT2D eigenvalue weighted by Crippen LogP contribution is 2.25. The molecule has 1 heterocycles. The Morgan fingerprint density at radius 1 is 1.25 bits per heavy atom. The van der Waals surface area contributed by atoms with Crippen molar-refractivity contribution in [2.24, 2.45) is 0 Å². The Balaban J connectivity index is 1.77. The van der Waals surface area contributed by atoms with Gasteiger partial charge in [0, 0.05) is 5.02 Å². The predicted octanol–water partition coefficient (Wildman–Crippen LogP) is 4.08. The number of benzene rings is 2. The zero-order chi connectivity index (χ0) is 20.3. The van der Waals surface area contributed by atoms with Crippen LogP contribution in [0.2, 0.25) is 10.0 Å². The fourth-order valence-electron chi connectivity index (χ4n) is 2.92. The lowest BCUT2D eigenvalue weighted by molar-refractivity contribution is -0.120. The molecule has 1 atom stereocenters. The fourth-order valence-corrected chi connectivity index (χ4v) is 3.37. The smallest absolute Gasteiger partial charge is 0.258 e. The minimum Gasteiger partial charge on any atom is -0.323 e. The van der Waals surface area contributed by atoms with Gasteiger partial charge in [-0.25, -0.2) is 4.98 Å². The number of aromatic nitrogens is 2. The molecule has 0 aliphatic rings. The molecule has 0 bridgehead atoms. The number of carbonyl (C=O) groups is 1. The van der Waals surface area contributed by atoms with Crippen molar-refractivity contribution in [3.63, 3.8) is 0 Å². The Labute approximate surface area is 172 Å². The van der Waals surface area contributed by atoms with Gasteiger partial charge in [0.2, 0.25) is 5.91 Å². The summed E-state index contributed by atoms with van der Waals surface area (Å²) in [4.78, 5) is 34.2. The molecule has 3 rings (SSSR count). The quantitative estimate of drug-likeness (QED) is 0.631. The Kier molecular flexibility index (Phi) is 6.34. The number of anilines is 1. The number of fused-ring (bicyclic) bond motifs is 1. The van der Waals surface area contributed by atoms with Gasteiger partial charge >= 0.3 is 0 Å². The van der Waals surface area contributed by atoms with E-state index in [1.165, 1.54) is 0 Å². The van der Waals surface area contributed by atoms with Crippen LogP contribution in [0.5, 0.6) is 0 Å². The summed E-state index contributed by atoms with van der Waals surface area (Å²) in [7, 11) is 0. The number of nitrogens with one attached hydrogen (secondary N) is 2. The van der Waals surface area contributed by atoms with Crippen molar-refractivity contribution in [2.75, 3.05) is 11.9 Å². The van der Waals surface area contributed by atoms with E-state index in [9.17, 15) is 9.59 Å². The summed E-state index contributed by atoms with van der Waals surface area (Å²) >= 11 is 12.0. The molecule has 0 fully saturated rings. The zero-order valence-electron chi connectivity index (χ0n) is 15.5. The number of carbonyl (C=O) groups excluding carboxylic acids is 1. The van der Waals surface area contributed by atoms with Gasteiger partial charge in [-0.3, -0.25) is 14.5 Å². The number of halogens is 2. The number of amides is 1. The highest BCUT2D eigenvalue weighted by Gasteiger charge is 2.22. The SMILES string of the molecule is CCN(Cc1nc2ccccc2c(=O)[nH]1)C(C)C(=O)Nc1ccc(Cl)cc1Cl. The highest BCUT2D eigenvalue weighted by molar-refractivity contribution is 6.36. The van der Waals surface area contributed by atoms with Gasteiger partial charge < -0.3 is 10.3 Å². The molecule has 0 spiro atoms. The zero-order valence-corrected chi connectivity index (χ0v) is 17.0. The van der Waals surface area contributed by atoms with Gasteiger partial charge in [-0.1, -0.05) is 42.3 Å². The average molecular weight is 419 g/mol. The summed E-state index contributed by atoms with van der Waals surface area (Å²) in [5.74, 6) is 0.295. The molecule has 8 heteroatoms. The predicted molar refractivity (Wildman–Crippen MR) is 113 cm³/mol. The number of rotatable bonds is 6. The molecule has 2 N–H and O–H groups in total. The summed E-state index contributed by atoms with van der Waals surface area (Å²) in [5, 5.41) is 4.22. The van der Waals surface area contributed by atoms with Crippen molar-refractivity contribution in [1.29, 1.82) is 0 Å². The first-order valence-electron chi connectivity index (χ1n) is 8.87. The van der Waals surface area contributed by atoms with Crippen molar-refractivity contribution in [1.82, 2.24) is 14.9 Å². The largest absolute Gasteiger partial charge is 0.323 e. The topological polar surface area (TPSA) is 78.1 Å². The molecule has 0 saturated heterocycles. The van der Waals surface area contributed by atoms with E-state index >= 15 is 0 Å². The van der Waals surface area contributed by atoms with Crippen molar-refractivity contribution in [3.8, 4) is 0 Å². The number of aromatic amines is 1. The lowest BCUT2D eigenvalue weighted by Crippen LogP contribution is -2.42. The molecule has 0 saturated carbocycles. The van der Waals surface area contributed by atoms with Crippen LogP contribution in [-0.2, 0) is 11.3 Å². The lowest BCUT2D eigenvalue weighted by Gasteiger charge is -2.26. The van der Waals surface area contributed by atoms with Crippen molar-refractivity contribution in [3.05, 3.63) is 68.7 Å². The van der Waals surface area contributed by atoms with Gasteiger partial charge in [0.05, 0.1) is 34.2 Å². The van der Waals surface area contributed by atoms with Crippen molar-refractivity contribution >= 4 is 45.7 Å². The molecular formula is C20H20Cl2N4O2. The number of para-hydroxylation sites is 1. The Morgan fingerprint density at radius 3 is 2.71 bits per heavy atom. The van der Waals surface area contributed by atoms with Crippen LogP contribution in [0.4, 0.5) is 5.69 Å². The van der Waals surface area contributed by atoms with E-state index in [1.807, 2.05) is 17.9 Å². The second kappa shape index (κ2) is 8.73. The Hall–Kier alpha value is -2.41. The minimum absolute atomic E-state index is 0.193. The molecule has 146 valence electrons. The molecule has 0 aliphatic heterocycles. The fraction of sp³-hybridized carbons (Fsp3) is 0.250. The molecule has 1 aromatic heterocycles. The molecule has 6 nitrogen and oxygen atoms in total. The number of likely N-dealkylation sites (N-methyl/N-ethyl adjacent to an activating group) is 1. The number of hydrogen-bond acceptors (Lipinski definition) is 4. The summed E-state index contributed by atoms with van der Waals surface area (Å²) in [6.07, 6.45) is 0. The van der Waals surface area contributed by atoms with E-state index in [0.29, 0.717) is 45.5 Å². The number of hydrogen-bond donors (Lipinski definition) is 2. The van der Waals surface area contributed by atoms with Gasteiger partial charge in [-0.05, 0) is 43.8 Å². The van der Waals surface area contributed by atoms with Crippen LogP contribution in [0.3, 0.4) is 0 Å². The first-order valence-corrected chi connectivity index (χ1v) is 9.62. The second-order valence-corrected chi connectivity index (χ2v) is 7.23. The van der Waals surface area contributed by atoms with Crippen molar-refractivity contribution < 1.29 is 4.79 Å². The van der Waals surface area contributed by atoms with Gasteiger partial charge in [-0.2, -0.15) is 0 Å². The second-order valence-electron chi connectivity index (χ2n) is 6.38. The van der Waals surface area contributed by atoms with E-state index in [2.05, 4.69) is 15.3 Å². The van der Waals surface area contributed by atoms with E-state index in [-0.39, 0.29) is 11.5 Å². The van der Waals surface area contributed by atoms with Gasteiger partial charge in [0.25, 0.3) is 5.56 Å². The first-order chi connectivity index (χ1) is 13.4. The normalized spacial score (nSPS) is 12.3. The van der Waals surface area contributed by atoms with Crippen LogP contribution >= 0.6 is 23.2 Å². The molecule has 0 radical (unpaired) electrons. The third-order valence-corrected chi connectivity index (χ3v) is 5.08. The average Bonchev–Trinajstić information content (AvgIpc) is 2.67. The summed E-state index contributed by atoms with van der Waals surface area (Å²) in [6.45, 7) is 4.67. The maximum absolute atomic E-state index is 12.7. The summed E-state index contributed by atoms with van der Waals surface area (Å²) in [6, 6.07) is 11.6. The molecule has 28 heavy (non-hydrogen) atoms. The molecular weight excluding hydrogens is 399 g/mol. The maximum atomic E-state index is 12.7. The monoisotopic (exact) mass is 418 g/mol. The van der Waals surface area contributed by atoms with Crippen molar-refractivity contribution in [2.45, 2.75) is 26.4 Å². The van der Waals surface area contributed by atoms with Gasteiger partial charge in [0.15, 0.2) is 0 Å². The molecule has 1 unspecified atom stereocenters. The Bertz CT molecular complexity index is 1070. The van der Waals surface area contributed by atoms with Crippen LogP contribution in [0, 0.1) is 0 Å². The number of H-pyrrole nitrogens is 1. The first kappa shape index (κ1) is 20.3. The maximum Gasteiger partial charge on any atom is 0.258 e. The lowest BCUT2D eigenvalue weighted by atomic mass is 10.2. The number of nitrogens with zero attached hydrogens (tertiary/aromatic N) is 2. The molecule has 3 aromatic rings. The van der Waals surface area contributed by atoms with E-state index in [4.69, 9.17) is 23.2 Å². The van der Waals surface area contributed by atoms with Crippen LogP contribution < -0.4 is 10.9 Å². The van der Waals surface area contributed by atoms with Crippen LogP contribution in [0.1, 0.15) is 19.7 Å². The van der Waals surface area contributed by atoms with E-state index < -0.39 is 6.04 Å². The van der Waals surface area contributed by atoms with Crippen LogP contribution in [0.25, 0.3) is 10.9 Å². The van der Waals surface area contributed by atoms with E-state index in [0.717, 1.165) is 0 Å². The third kappa shape index (κ3) is 4.52. The van der Waals surface area contributed by atoms with Crippen LogP contribution in [0.15, 0.2) is 47.3 Å². The standard InChI is InChI=1S/C20H20Cl2N4O2/c1-3-26(11-18-23-16-7-5-4-6-14(16)20(28)25-18)12(2)19(27)24-17-9-8-13(21)10-15(17)22/h4-10,12H,3,11H2,1-2H3,(H,24,27)(H,23,25,28).